The van der Waals surface area contributed by atoms with Crippen molar-refractivity contribution in [2.24, 2.45) is 11.8 Å². The van der Waals surface area contributed by atoms with Gasteiger partial charge in [-0.15, -0.1) is 0 Å². The maximum absolute atomic E-state index is 13.2. The van der Waals surface area contributed by atoms with Crippen LogP contribution in [0.25, 0.3) is 0 Å². The number of aromatic amines is 1. The van der Waals surface area contributed by atoms with Gasteiger partial charge in [-0.25, -0.2) is 0 Å². The van der Waals surface area contributed by atoms with E-state index in [9.17, 15) is 14.7 Å². The van der Waals surface area contributed by atoms with E-state index in [1.165, 1.54) is 6.92 Å². The van der Waals surface area contributed by atoms with E-state index in [0.717, 1.165) is 17.7 Å². The Balaban J connectivity index is 1.53. The minimum absolute atomic E-state index is 0.0201. The van der Waals surface area contributed by atoms with Crippen molar-refractivity contribution in [3.63, 3.8) is 0 Å². The number of aromatic nitrogens is 3. The molecule has 2 N–H and O–H groups in total. The van der Waals surface area contributed by atoms with Gasteiger partial charge in [-0.05, 0) is 50.2 Å². The highest BCUT2D eigenvalue weighted by Gasteiger charge is 2.44. The lowest BCUT2D eigenvalue weighted by atomic mass is 9.77. The van der Waals surface area contributed by atoms with E-state index >= 15 is 0 Å². The maximum Gasteiger partial charge on any atom is 0.255 e. The van der Waals surface area contributed by atoms with Crippen LogP contribution in [0.5, 0.6) is 0 Å². The maximum atomic E-state index is 13.2. The Morgan fingerprint density at radius 1 is 1.22 bits per heavy atom. The minimum atomic E-state index is -0.443. The van der Waals surface area contributed by atoms with E-state index in [2.05, 4.69) is 10.1 Å². The van der Waals surface area contributed by atoms with Gasteiger partial charge in [-0.2, -0.15) is 5.10 Å². The van der Waals surface area contributed by atoms with Gasteiger partial charge in [0, 0.05) is 38.1 Å². The van der Waals surface area contributed by atoms with Crippen LogP contribution in [0.3, 0.4) is 0 Å². The molecular weight excluding hydrogens is 344 g/mol. The fraction of sp³-hybridized carbons (Fsp3) is 0.550. The largest absolute Gasteiger partial charge is 0.391 e. The number of likely N-dealkylation sites (tertiary alicyclic amines) is 1. The summed E-state index contributed by atoms with van der Waals surface area (Å²) in [6.45, 7) is 6.52. The first-order chi connectivity index (χ1) is 12.9. The number of ketones is 1. The average molecular weight is 370 g/mol. The second kappa shape index (κ2) is 6.64. The summed E-state index contributed by atoms with van der Waals surface area (Å²) in [4.78, 5) is 29.9. The van der Waals surface area contributed by atoms with Crippen molar-refractivity contribution in [2.75, 3.05) is 13.1 Å². The van der Waals surface area contributed by atoms with Crippen LogP contribution in [0.1, 0.15) is 57.9 Å². The van der Waals surface area contributed by atoms with Gasteiger partial charge in [0.25, 0.3) is 5.91 Å². The molecule has 0 radical (unpaired) electrons. The van der Waals surface area contributed by atoms with Crippen LogP contribution >= 0.6 is 0 Å². The number of Topliss-reactive ketones (excluding diaryl/α,β-unsaturated/α-hetero) is 1. The number of aliphatic hydroxyl groups excluding tert-OH is 1. The molecule has 1 aliphatic heterocycles. The van der Waals surface area contributed by atoms with Crippen molar-refractivity contribution >= 4 is 11.7 Å². The third kappa shape index (κ3) is 3.00. The number of amides is 1. The second-order valence-electron chi connectivity index (χ2n) is 8.00. The number of H-pyrrole nitrogens is 1. The van der Waals surface area contributed by atoms with Gasteiger partial charge in [0.15, 0.2) is 5.78 Å². The van der Waals surface area contributed by atoms with E-state index in [0.29, 0.717) is 42.6 Å². The van der Waals surface area contributed by atoms with Crippen molar-refractivity contribution in [3.05, 3.63) is 41.0 Å². The molecule has 2 fully saturated rings. The quantitative estimate of drug-likeness (QED) is 0.810. The lowest BCUT2D eigenvalue weighted by molar-refractivity contribution is 0.0306. The third-order valence-electron chi connectivity index (χ3n) is 6.26. The fourth-order valence-electron chi connectivity index (χ4n) is 4.92. The van der Waals surface area contributed by atoms with Gasteiger partial charge in [0.1, 0.15) is 0 Å². The van der Waals surface area contributed by atoms with E-state index in [1.807, 2.05) is 35.7 Å². The molecule has 1 saturated heterocycles. The summed E-state index contributed by atoms with van der Waals surface area (Å²) in [5, 5.41) is 14.9. The zero-order valence-electron chi connectivity index (χ0n) is 16.0. The zero-order chi connectivity index (χ0) is 19.3. The van der Waals surface area contributed by atoms with Gasteiger partial charge in [0.2, 0.25) is 0 Å². The molecule has 7 heteroatoms. The van der Waals surface area contributed by atoms with E-state index < -0.39 is 6.10 Å². The van der Waals surface area contributed by atoms with Crippen molar-refractivity contribution in [3.8, 4) is 0 Å². The van der Waals surface area contributed by atoms with Crippen LogP contribution < -0.4 is 0 Å². The van der Waals surface area contributed by atoms with Crippen molar-refractivity contribution in [2.45, 2.75) is 45.8 Å². The smallest absolute Gasteiger partial charge is 0.255 e. The molecule has 2 aliphatic rings. The van der Waals surface area contributed by atoms with Crippen molar-refractivity contribution in [1.82, 2.24) is 19.7 Å². The summed E-state index contributed by atoms with van der Waals surface area (Å²) in [7, 11) is 0. The molecule has 1 aliphatic carbocycles. The number of aliphatic hydroxyl groups is 1. The normalized spacial score (nSPS) is 27.6. The molecule has 27 heavy (non-hydrogen) atoms. The molecule has 1 saturated carbocycles. The number of carbonyl (C=O) groups excluding carboxylic acids is 2. The summed E-state index contributed by atoms with van der Waals surface area (Å²) in [6, 6.07) is 1.84. The number of nitrogens with one attached hydrogen (secondary N) is 1. The Hall–Kier alpha value is -2.41. The summed E-state index contributed by atoms with van der Waals surface area (Å²) in [6.07, 6.45) is 4.68. The number of aryl methyl sites for hydroxylation is 1. The van der Waals surface area contributed by atoms with E-state index in [4.69, 9.17) is 0 Å². The molecule has 1 amide bonds. The highest BCUT2D eigenvalue weighted by Crippen LogP contribution is 2.41. The second-order valence-corrected chi connectivity index (χ2v) is 8.00. The number of fused-ring (bicyclic) bond motifs is 1. The lowest BCUT2D eigenvalue weighted by Crippen LogP contribution is -2.36. The average Bonchev–Trinajstić information content (AvgIpc) is 3.32. The fourth-order valence-corrected chi connectivity index (χ4v) is 4.92. The number of hydrogen-bond acceptors (Lipinski definition) is 4. The molecule has 2 aromatic rings. The Morgan fingerprint density at radius 2 is 1.93 bits per heavy atom. The third-order valence-corrected chi connectivity index (χ3v) is 6.26. The van der Waals surface area contributed by atoms with Crippen LogP contribution in [0.15, 0.2) is 18.5 Å². The summed E-state index contributed by atoms with van der Waals surface area (Å²) >= 11 is 0. The Morgan fingerprint density at radius 3 is 2.52 bits per heavy atom. The van der Waals surface area contributed by atoms with Gasteiger partial charge >= 0.3 is 0 Å². The summed E-state index contributed by atoms with van der Waals surface area (Å²) in [5.41, 5.74) is 2.60. The molecule has 7 nitrogen and oxygen atoms in total. The van der Waals surface area contributed by atoms with Crippen molar-refractivity contribution < 1.29 is 14.7 Å². The van der Waals surface area contributed by atoms with Crippen LogP contribution in [0, 0.1) is 25.7 Å². The van der Waals surface area contributed by atoms with E-state index in [-0.39, 0.29) is 17.7 Å². The molecule has 0 spiro atoms. The number of hydrogen-bond donors (Lipinski definition) is 2. The van der Waals surface area contributed by atoms with Gasteiger partial charge < -0.3 is 15.0 Å². The molecule has 0 aromatic carbocycles. The molecular formula is C20H26N4O3. The van der Waals surface area contributed by atoms with Gasteiger partial charge in [0.05, 0.1) is 23.4 Å². The molecule has 3 heterocycles. The Bertz CT molecular complexity index is 870. The van der Waals surface area contributed by atoms with E-state index in [1.54, 1.807) is 6.20 Å². The minimum Gasteiger partial charge on any atom is -0.391 e. The Kier molecular flexibility index (Phi) is 4.42. The summed E-state index contributed by atoms with van der Waals surface area (Å²) in [5.74, 6) is 0.587. The topological polar surface area (TPSA) is 91.2 Å². The summed E-state index contributed by atoms with van der Waals surface area (Å²) < 4.78 is 1.84. The molecule has 2 aromatic heterocycles. The zero-order valence-corrected chi connectivity index (χ0v) is 16.0. The van der Waals surface area contributed by atoms with Crippen LogP contribution in [0.2, 0.25) is 0 Å². The standard InChI is InChI=1S/C20H26N4O3/c1-11-18(12(2)22-19(11)13(3)25)20(27)23-9-14-7-16(24-6-4-5-21-24)17(26)8-15(14)10-23/h4-6,14-17,22,26H,7-10H2,1-3H3/t14-,15+,16-,17-/m1/s1. The van der Waals surface area contributed by atoms with Crippen molar-refractivity contribution in [1.29, 1.82) is 0 Å². The SMILES string of the molecule is CC(=O)c1[nH]c(C)c(C(=O)N2C[C@H]3C[C@@H](n4cccn4)[C@H](O)C[C@H]3C2)c1C. The predicted molar refractivity (Wildman–Crippen MR) is 99.7 cm³/mol. The highest BCUT2D eigenvalue weighted by atomic mass is 16.3. The van der Waals surface area contributed by atoms with Crippen LogP contribution in [-0.2, 0) is 0 Å². The lowest BCUT2D eigenvalue weighted by Gasteiger charge is -2.35. The van der Waals surface area contributed by atoms with Gasteiger partial charge in [-0.3, -0.25) is 14.3 Å². The highest BCUT2D eigenvalue weighted by molar-refractivity contribution is 6.02. The first-order valence-electron chi connectivity index (χ1n) is 9.53. The molecule has 4 rings (SSSR count). The molecule has 0 unspecified atom stereocenters. The predicted octanol–water partition coefficient (Wildman–Crippen LogP) is 2.11. The molecule has 144 valence electrons. The monoisotopic (exact) mass is 370 g/mol. The molecule has 0 bridgehead atoms. The number of nitrogens with zero attached hydrogens (tertiary/aromatic N) is 3. The number of carbonyl (C=O) groups is 2. The number of rotatable bonds is 3. The first-order valence-corrected chi connectivity index (χ1v) is 9.53. The van der Waals surface area contributed by atoms with Crippen LogP contribution in [-0.4, -0.2) is 55.7 Å². The first kappa shape index (κ1) is 18.0. The molecule has 4 atom stereocenters. The van der Waals surface area contributed by atoms with Gasteiger partial charge in [-0.1, -0.05) is 0 Å². The van der Waals surface area contributed by atoms with Crippen LogP contribution in [0.4, 0.5) is 0 Å². The Labute approximate surface area is 158 Å².